The summed E-state index contributed by atoms with van der Waals surface area (Å²) in [7, 11) is -0.993. The van der Waals surface area contributed by atoms with Gasteiger partial charge in [0.1, 0.15) is 5.82 Å². The number of benzene rings is 3. The fourth-order valence-corrected chi connectivity index (χ4v) is 5.47. The van der Waals surface area contributed by atoms with Crippen LogP contribution in [0.5, 0.6) is 0 Å². The molecule has 0 bridgehead atoms. The van der Waals surface area contributed by atoms with Gasteiger partial charge in [0.05, 0.1) is 28.8 Å². The lowest BCUT2D eigenvalue weighted by Crippen LogP contribution is -2.24. The maximum atomic E-state index is 13.7. The molecular formula is C26H23N3O2S. The van der Waals surface area contributed by atoms with Crippen molar-refractivity contribution in [3.8, 4) is 5.69 Å². The van der Waals surface area contributed by atoms with Crippen molar-refractivity contribution in [2.24, 2.45) is 0 Å². The molecule has 1 aliphatic rings. The van der Waals surface area contributed by atoms with Crippen LogP contribution in [0.1, 0.15) is 33.9 Å². The minimum absolute atomic E-state index is 0.141. The summed E-state index contributed by atoms with van der Waals surface area (Å²) < 4.78 is 14.0. The lowest BCUT2D eigenvalue weighted by molar-refractivity contribution is -0.116. The van der Waals surface area contributed by atoms with Gasteiger partial charge < -0.3 is 5.32 Å². The highest BCUT2D eigenvalue weighted by atomic mass is 32.2. The normalized spacial score (nSPS) is 15.0. The molecular weight excluding hydrogens is 418 g/mol. The number of para-hydroxylation sites is 1. The van der Waals surface area contributed by atoms with Gasteiger partial charge >= 0.3 is 0 Å². The van der Waals surface area contributed by atoms with E-state index in [0.717, 1.165) is 33.6 Å². The number of nitrogens with one attached hydrogen (secondary N) is 1. The summed E-state index contributed by atoms with van der Waals surface area (Å²) in [6.07, 6.45) is 0. The molecule has 5 rings (SSSR count). The SMILES string of the molecule is Cc1ccccc1-n1nc2c(c1NC(=O)C(c1ccccc1)c1ccccc1)C[S@@](=O)C2. The first-order chi connectivity index (χ1) is 15.6. The molecule has 0 radical (unpaired) electrons. The van der Waals surface area contributed by atoms with Gasteiger partial charge in [-0.1, -0.05) is 78.9 Å². The molecule has 0 spiro atoms. The van der Waals surface area contributed by atoms with Gasteiger partial charge in [-0.2, -0.15) is 5.10 Å². The number of anilines is 1. The number of amides is 1. The molecule has 32 heavy (non-hydrogen) atoms. The summed E-state index contributed by atoms with van der Waals surface area (Å²) in [5.74, 6) is 0.815. The van der Waals surface area contributed by atoms with Crippen molar-refractivity contribution in [1.82, 2.24) is 9.78 Å². The van der Waals surface area contributed by atoms with Gasteiger partial charge in [0.15, 0.2) is 0 Å². The zero-order valence-corrected chi connectivity index (χ0v) is 18.5. The largest absolute Gasteiger partial charge is 0.309 e. The van der Waals surface area contributed by atoms with Crippen molar-refractivity contribution in [2.75, 3.05) is 5.32 Å². The van der Waals surface area contributed by atoms with Crippen LogP contribution in [0.4, 0.5) is 5.82 Å². The average molecular weight is 442 g/mol. The number of hydrogen-bond acceptors (Lipinski definition) is 3. The van der Waals surface area contributed by atoms with Crippen LogP contribution >= 0.6 is 0 Å². The van der Waals surface area contributed by atoms with Crippen LogP contribution in [0.15, 0.2) is 84.9 Å². The Labute approximate surface area is 189 Å². The van der Waals surface area contributed by atoms with Crippen LogP contribution in [0.25, 0.3) is 5.69 Å². The standard InChI is InChI=1S/C26H23N3O2S/c1-18-10-8-9-15-23(18)29-25(21-16-32(31)17-22(21)28-29)27-26(30)24(19-11-4-2-5-12-19)20-13-6-3-7-14-20/h2-15,24H,16-17H2,1H3,(H,27,30)/t32-/m1/s1. The number of carbonyl (C=O) groups is 1. The molecule has 0 aliphatic carbocycles. The first-order valence-corrected chi connectivity index (χ1v) is 12.0. The first kappa shape index (κ1) is 20.4. The monoisotopic (exact) mass is 441 g/mol. The Morgan fingerprint density at radius 1 is 0.906 bits per heavy atom. The zero-order chi connectivity index (χ0) is 22.1. The molecule has 3 aromatic carbocycles. The summed E-state index contributed by atoms with van der Waals surface area (Å²) in [4.78, 5) is 13.7. The van der Waals surface area contributed by atoms with Gasteiger partial charge in [0.2, 0.25) is 5.91 Å². The second-order valence-electron chi connectivity index (χ2n) is 7.94. The number of aromatic nitrogens is 2. The summed E-state index contributed by atoms with van der Waals surface area (Å²) in [6, 6.07) is 27.5. The van der Waals surface area contributed by atoms with Gasteiger partial charge in [-0.3, -0.25) is 9.00 Å². The fourth-order valence-electron chi connectivity index (χ4n) is 4.21. The third kappa shape index (κ3) is 3.78. The van der Waals surface area contributed by atoms with Gasteiger partial charge in [-0.15, -0.1) is 0 Å². The highest BCUT2D eigenvalue weighted by molar-refractivity contribution is 7.83. The van der Waals surface area contributed by atoms with E-state index >= 15 is 0 Å². The zero-order valence-electron chi connectivity index (χ0n) is 17.7. The van der Waals surface area contributed by atoms with Gasteiger partial charge in [0, 0.05) is 16.4 Å². The second-order valence-corrected chi connectivity index (χ2v) is 9.40. The van der Waals surface area contributed by atoms with E-state index in [1.807, 2.05) is 91.9 Å². The molecule has 0 unspecified atom stereocenters. The molecule has 1 amide bonds. The van der Waals surface area contributed by atoms with Crippen LogP contribution in [-0.4, -0.2) is 19.9 Å². The van der Waals surface area contributed by atoms with E-state index in [4.69, 9.17) is 5.10 Å². The lowest BCUT2D eigenvalue weighted by Gasteiger charge is -2.19. The summed E-state index contributed by atoms with van der Waals surface area (Å²) in [5, 5.41) is 7.90. The average Bonchev–Trinajstić information content (AvgIpc) is 3.32. The number of carbonyl (C=O) groups excluding carboxylic acids is 1. The third-order valence-electron chi connectivity index (χ3n) is 5.78. The Bertz CT molecular complexity index is 1260. The van der Waals surface area contributed by atoms with Crippen molar-refractivity contribution in [3.63, 3.8) is 0 Å². The molecule has 0 fully saturated rings. The minimum atomic E-state index is -0.993. The lowest BCUT2D eigenvalue weighted by atomic mass is 9.90. The first-order valence-electron chi connectivity index (χ1n) is 10.5. The van der Waals surface area contributed by atoms with Crippen LogP contribution in [-0.2, 0) is 27.1 Å². The highest BCUT2D eigenvalue weighted by Crippen LogP contribution is 2.34. The van der Waals surface area contributed by atoms with Crippen LogP contribution in [0.3, 0.4) is 0 Å². The number of nitrogens with zero attached hydrogens (tertiary/aromatic N) is 2. The van der Waals surface area contributed by atoms with Crippen molar-refractivity contribution < 1.29 is 9.00 Å². The van der Waals surface area contributed by atoms with E-state index in [1.54, 1.807) is 4.68 Å². The van der Waals surface area contributed by atoms with Crippen molar-refractivity contribution in [1.29, 1.82) is 0 Å². The Morgan fingerprint density at radius 2 is 1.50 bits per heavy atom. The van der Waals surface area contributed by atoms with Gasteiger partial charge in [-0.05, 0) is 29.7 Å². The van der Waals surface area contributed by atoms with Crippen LogP contribution in [0.2, 0.25) is 0 Å². The van der Waals surface area contributed by atoms with Crippen molar-refractivity contribution in [3.05, 3.63) is 113 Å². The molecule has 2 heterocycles. The predicted octanol–water partition coefficient (Wildman–Crippen LogP) is 4.71. The molecule has 1 atom stereocenters. The van der Waals surface area contributed by atoms with E-state index in [2.05, 4.69) is 5.32 Å². The number of rotatable bonds is 5. The molecule has 1 N–H and O–H groups in total. The third-order valence-corrected chi connectivity index (χ3v) is 6.99. The molecule has 1 aromatic heterocycles. The summed E-state index contributed by atoms with van der Waals surface area (Å²) in [6.45, 7) is 2.02. The molecule has 1 aliphatic heterocycles. The number of aryl methyl sites for hydroxylation is 1. The number of hydrogen-bond donors (Lipinski definition) is 1. The molecule has 4 aromatic rings. The molecule has 5 nitrogen and oxygen atoms in total. The van der Waals surface area contributed by atoms with Crippen molar-refractivity contribution in [2.45, 2.75) is 24.3 Å². The maximum absolute atomic E-state index is 13.7. The molecule has 160 valence electrons. The minimum Gasteiger partial charge on any atom is -0.309 e. The Hall–Kier alpha value is -3.51. The Kier molecular flexibility index (Phi) is 5.45. The molecule has 0 saturated heterocycles. The van der Waals surface area contributed by atoms with Crippen LogP contribution in [0, 0.1) is 6.92 Å². The molecule has 6 heteroatoms. The summed E-state index contributed by atoms with van der Waals surface area (Å²) in [5.41, 5.74) is 5.43. The van der Waals surface area contributed by atoms with E-state index < -0.39 is 16.7 Å². The van der Waals surface area contributed by atoms with E-state index in [0.29, 0.717) is 17.3 Å². The van der Waals surface area contributed by atoms with Gasteiger partial charge in [0.25, 0.3) is 0 Å². The van der Waals surface area contributed by atoms with E-state index in [1.165, 1.54) is 0 Å². The van der Waals surface area contributed by atoms with Crippen LogP contribution < -0.4 is 5.32 Å². The highest BCUT2D eigenvalue weighted by Gasteiger charge is 2.31. The smallest absolute Gasteiger partial charge is 0.237 e. The van der Waals surface area contributed by atoms with E-state index in [-0.39, 0.29) is 5.91 Å². The Balaban J connectivity index is 1.59. The van der Waals surface area contributed by atoms with Gasteiger partial charge in [-0.25, -0.2) is 4.68 Å². The summed E-state index contributed by atoms with van der Waals surface area (Å²) >= 11 is 0. The van der Waals surface area contributed by atoms with E-state index in [9.17, 15) is 9.00 Å². The Morgan fingerprint density at radius 3 is 2.12 bits per heavy atom. The number of fused-ring (bicyclic) bond motifs is 1. The fraction of sp³-hybridized carbons (Fsp3) is 0.154. The van der Waals surface area contributed by atoms with Crippen molar-refractivity contribution >= 4 is 22.5 Å². The topological polar surface area (TPSA) is 64.0 Å². The predicted molar refractivity (Wildman–Crippen MR) is 127 cm³/mol. The second kappa shape index (κ2) is 8.55. The maximum Gasteiger partial charge on any atom is 0.237 e. The quantitative estimate of drug-likeness (QED) is 0.488. The molecule has 0 saturated carbocycles.